The molecule has 0 aliphatic carbocycles. The van der Waals surface area contributed by atoms with Crippen LogP contribution in [0.3, 0.4) is 0 Å². The van der Waals surface area contributed by atoms with Crippen LogP contribution in [0.15, 0.2) is 0 Å². The Bertz CT molecular complexity index is 163. The molecule has 3 unspecified atom stereocenters. The predicted octanol–water partition coefficient (Wildman–Crippen LogP) is 1.94. The van der Waals surface area contributed by atoms with Crippen molar-refractivity contribution in [3.63, 3.8) is 0 Å². The summed E-state index contributed by atoms with van der Waals surface area (Å²) in [5, 5.41) is 17.8. The lowest BCUT2D eigenvalue weighted by Crippen LogP contribution is -2.25. The summed E-state index contributed by atoms with van der Waals surface area (Å²) in [4.78, 5) is 0. The fourth-order valence-electron chi connectivity index (χ4n) is 1.81. The summed E-state index contributed by atoms with van der Waals surface area (Å²) in [7, 11) is 1.60. The van der Waals surface area contributed by atoms with E-state index in [4.69, 9.17) is 19.7 Å². The minimum atomic E-state index is -0.813. The van der Waals surface area contributed by atoms with Crippen LogP contribution in [0.25, 0.3) is 0 Å². The van der Waals surface area contributed by atoms with Gasteiger partial charge in [0.15, 0.2) is 6.29 Å². The van der Waals surface area contributed by atoms with Crippen molar-refractivity contribution in [2.24, 2.45) is 5.92 Å². The fraction of sp³-hybridized carbons (Fsp3) is 1.00. The molecule has 0 aromatic rings. The summed E-state index contributed by atoms with van der Waals surface area (Å²) < 4.78 is 10.5. The third kappa shape index (κ3) is 9.53. The van der Waals surface area contributed by atoms with Gasteiger partial charge < -0.3 is 19.7 Å². The van der Waals surface area contributed by atoms with Gasteiger partial charge in [0.25, 0.3) is 0 Å². The smallest absolute Gasteiger partial charge is 0.157 e. The SMILES string of the molecule is CCCC(C)CCCC(OC)OCC(O)CO. The highest BCUT2D eigenvalue weighted by atomic mass is 16.7. The highest BCUT2D eigenvalue weighted by Gasteiger charge is 2.11. The monoisotopic (exact) mass is 248 g/mol. The number of aliphatic hydroxyl groups is 2. The number of rotatable bonds is 11. The van der Waals surface area contributed by atoms with Crippen LogP contribution in [-0.4, -0.2) is 42.9 Å². The second-order valence-corrected chi connectivity index (χ2v) is 4.66. The molecule has 0 aromatic heterocycles. The Kier molecular flexibility index (Phi) is 10.9. The highest BCUT2D eigenvalue weighted by molar-refractivity contribution is 4.56. The van der Waals surface area contributed by atoms with Crippen LogP contribution in [-0.2, 0) is 9.47 Å². The molecule has 4 nitrogen and oxygen atoms in total. The Morgan fingerprint density at radius 3 is 2.41 bits per heavy atom. The van der Waals surface area contributed by atoms with Gasteiger partial charge in [-0.25, -0.2) is 0 Å². The van der Waals surface area contributed by atoms with E-state index in [9.17, 15) is 0 Å². The van der Waals surface area contributed by atoms with Crippen molar-refractivity contribution in [3.8, 4) is 0 Å². The van der Waals surface area contributed by atoms with Crippen LogP contribution >= 0.6 is 0 Å². The summed E-state index contributed by atoms with van der Waals surface area (Å²) in [6, 6.07) is 0. The fourth-order valence-corrected chi connectivity index (χ4v) is 1.81. The Morgan fingerprint density at radius 1 is 1.18 bits per heavy atom. The lowest BCUT2D eigenvalue weighted by Gasteiger charge is -2.18. The minimum Gasteiger partial charge on any atom is -0.394 e. The van der Waals surface area contributed by atoms with Gasteiger partial charge in [0.05, 0.1) is 13.2 Å². The maximum atomic E-state index is 9.16. The van der Waals surface area contributed by atoms with Crippen molar-refractivity contribution in [3.05, 3.63) is 0 Å². The Balaban J connectivity index is 3.60. The van der Waals surface area contributed by atoms with Crippen molar-refractivity contribution in [1.82, 2.24) is 0 Å². The molecule has 17 heavy (non-hydrogen) atoms. The minimum absolute atomic E-state index is 0.125. The van der Waals surface area contributed by atoms with Crippen molar-refractivity contribution in [1.29, 1.82) is 0 Å². The van der Waals surface area contributed by atoms with Crippen LogP contribution in [0, 0.1) is 5.92 Å². The molecule has 0 rings (SSSR count). The second-order valence-electron chi connectivity index (χ2n) is 4.66. The first-order valence-corrected chi connectivity index (χ1v) is 6.57. The average molecular weight is 248 g/mol. The van der Waals surface area contributed by atoms with Gasteiger partial charge in [-0.3, -0.25) is 0 Å². The number of hydrogen-bond acceptors (Lipinski definition) is 4. The molecule has 0 saturated heterocycles. The Labute approximate surface area is 105 Å². The molecule has 0 aliphatic rings. The van der Waals surface area contributed by atoms with Crippen LogP contribution in [0.4, 0.5) is 0 Å². The van der Waals surface area contributed by atoms with E-state index in [1.54, 1.807) is 7.11 Å². The van der Waals surface area contributed by atoms with Crippen LogP contribution in [0.1, 0.15) is 46.0 Å². The van der Waals surface area contributed by atoms with Gasteiger partial charge in [0, 0.05) is 7.11 Å². The third-order valence-electron chi connectivity index (χ3n) is 2.87. The number of methoxy groups -OCH3 is 1. The molecule has 0 aliphatic heterocycles. The Hall–Kier alpha value is -0.160. The molecule has 0 fully saturated rings. The van der Waals surface area contributed by atoms with E-state index in [-0.39, 0.29) is 19.5 Å². The van der Waals surface area contributed by atoms with E-state index in [1.165, 1.54) is 19.3 Å². The summed E-state index contributed by atoms with van der Waals surface area (Å²) in [5.41, 5.74) is 0. The molecule has 0 bridgehead atoms. The van der Waals surface area contributed by atoms with E-state index in [0.717, 1.165) is 18.8 Å². The topological polar surface area (TPSA) is 58.9 Å². The molecule has 104 valence electrons. The number of hydrogen-bond donors (Lipinski definition) is 2. The van der Waals surface area contributed by atoms with Gasteiger partial charge in [0.2, 0.25) is 0 Å². The zero-order valence-corrected chi connectivity index (χ0v) is 11.4. The Morgan fingerprint density at radius 2 is 1.88 bits per heavy atom. The van der Waals surface area contributed by atoms with Gasteiger partial charge in [-0.2, -0.15) is 0 Å². The summed E-state index contributed by atoms with van der Waals surface area (Å²) >= 11 is 0. The van der Waals surface area contributed by atoms with Gasteiger partial charge in [-0.15, -0.1) is 0 Å². The molecule has 0 saturated carbocycles. The molecule has 0 heterocycles. The van der Waals surface area contributed by atoms with E-state index in [2.05, 4.69) is 13.8 Å². The van der Waals surface area contributed by atoms with Gasteiger partial charge in [-0.1, -0.05) is 33.1 Å². The third-order valence-corrected chi connectivity index (χ3v) is 2.87. The first-order valence-electron chi connectivity index (χ1n) is 6.57. The van der Waals surface area contributed by atoms with E-state index in [1.807, 2.05) is 0 Å². The number of ether oxygens (including phenoxy) is 2. The molecule has 4 heteroatoms. The van der Waals surface area contributed by atoms with Crippen LogP contribution in [0.2, 0.25) is 0 Å². The molecule has 3 atom stereocenters. The highest BCUT2D eigenvalue weighted by Crippen LogP contribution is 2.15. The summed E-state index contributed by atoms with van der Waals surface area (Å²) in [5.74, 6) is 0.750. The molecule has 0 spiro atoms. The van der Waals surface area contributed by atoms with Crippen molar-refractivity contribution in [2.45, 2.75) is 58.3 Å². The normalized spacial score (nSPS) is 16.8. The van der Waals surface area contributed by atoms with E-state index >= 15 is 0 Å². The van der Waals surface area contributed by atoms with E-state index in [0.29, 0.717) is 0 Å². The zero-order chi connectivity index (χ0) is 13.1. The lowest BCUT2D eigenvalue weighted by atomic mass is 9.99. The summed E-state index contributed by atoms with van der Waals surface area (Å²) in [6.07, 6.45) is 4.49. The zero-order valence-electron chi connectivity index (χ0n) is 11.4. The molecule has 0 aromatic carbocycles. The van der Waals surface area contributed by atoms with Gasteiger partial charge in [0.1, 0.15) is 6.10 Å². The van der Waals surface area contributed by atoms with Crippen molar-refractivity contribution in [2.75, 3.05) is 20.3 Å². The average Bonchev–Trinajstić information content (AvgIpc) is 2.33. The van der Waals surface area contributed by atoms with Crippen LogP contribution in [0.5, 0.6) is 0 Å². The van der Waals surface area contributed by atoms with Crippen LogP contribution < -0.4 is 0 Å². The molecular weight excluding hydrogens is 220 g/mol. The first kappa shape index (κ1) is 16.8. The quantitative estimate of drug-likeness (QED) is 0.549. The standard InChI is InChI=1S/C13H28O4/c1-4-6-11(2)7-5-8-13(16-3)17-10-12(15)9-14/h11-15H,4-10H2,1-3H3. The molecular formula is C13H28O4. The van der Waals surface area contributed by atoms with Gasteiger partial charge in [-0.05, 0) is 18.8 Å². The number of aliphatic hydroxyl groups excluding tert-OH is 2. The first-order chi connectivity index (χ1) is 8.13. The maximum absolute atomic E-state index is 9.16. The molecule has 0 amide bonds. The van der Waals surface area contributed by atoms with Crippen molar-refractivity contribution >= 4 is 0 Å². The second kappa shape index (κ2) is 11.0. The van der Waals surface area contributed by atoms with Gasteiger partial charge >= 0.3 is 0 Å². The maximum Gasteiger partial charge on any atom is 0.157 e. The summed E-state index contributed by atoms with van der Waals surface area (Å²) in [6.45, 7) is 4.32. The molecule has 0 radical (unpaired) electrons. The largest absolute Gasteiger partial charge is 0.394 e. The van der Waals surface area contributed by atoms with E-state index < -0.39 is 6.10 Å². The predicted molar refractivity (Wildman–Crippen MR) is 67.8 cm³/mol. The molecule has 2 N–H and O–H groups in total. The lowest BCUT2D eigenvalue weighted by molar-refractivity contribution is -0.149. The van der Waals surface area contributed by atoms with Crippen molar-refractivity contribution < 1.29 is 19.7 Å².